The van der Waals surface area contributed by atoms with Gasteiger partial charge < -0.3 is 24.4 Å². The Labute approximate surface area is 233 Å². The summed E-state index contributed by atoms with van der Waals surface area (Å²) in [5.41, 5.74) is 1.01. The van der Waals surface area contributed by atoms with E-state index in [9.17, 15) is 13.2 Å². The number of rotatable bonds is 8. The Morgan fingerprint density at radius 3 is 2.67 bits per heavy atom. The Bertz CT molecular complexity index is 1440. The molecule has 2 saturated heterocycles. The number of imidazole rings is 1. The molecule has 14 heteroatoms. The number of carbonyl (C=O) groups is 1. The second kappa shape index (κ2) is 11.2. The molecule has 1 aromatic carbocycles. The van der Waals surface area contributed by atoms with E-state index in [1.165, 1.54) is 4.31 Å². The minimum Gasteiger partial charge on any atom is -0.382 e. The van der Waals surface area contributed by atoms with Gasteiger partial charge in [0.1, 0.15) is 5.82 Å². The molecule has 2 fully saturated rings. The highest BCUT2D eigenvalue weighted by atomic mass is 35.5. The highest BCUT2D eigenvalue weighted by molar-refractivity contribution is 7.89. The van der Waals surface area contributed by atoms with E-state index in [1.54, 1.807) is 36.4 Å². The number of carbonyl (C=O) groups excluding carboxylic acids is 1. The number of nitrogens with one attached hydrogen (secondary N) is 1. The summed E-state index contributed by atoms with van der Waals surface area (Å²) in [6.07, 6.45) is 3.56. The Balaban J connectivity index is 1.25. The van der Waals surface area contributed by atoms with Crippen LogP contribution in [-0.2, 0) is 19.6 Å². The summed E-state index contributed by atoms with van der Waals surface area (Å²) in [6, 6.07) is 6.45. The molecule has 210 valence electrons. The van der Waals surface area contributed by atoms with Gasteiger partial charge in [-0.15, -0.1) is 0 Å². The lowest BCUT2D eigenvalue weighted by molar-refractivity contribution is -0.140. The van der Waals surface area contributed by atoms with Crippen LogP contribution in [0.3, 0.4) is 0 Å². The lowest BCUT2D eigenvalue weighted by Crippen LogP contribution is -2.60. The molecule has 39 heavy (non-hydrogen) atoms. The average Bonchev–Trinajstić information content (AvgIpc) is 3.35. The number of ether oxygens (including phenoxy) is 1. The first-order valence-corrected chi connectivity index (χ1v) is 14.7. The third-order valence-corrected chi connectivity index (χ3v) is 9.15. The van der Waals surface area contributed by atoms with Gasteiger partial charge in [0.05, 0.1) is 30.2 Å². The van der Waals surface area contributed by atoms with Crippen LogP contribution in [-0.4, -0.2) is 110 Å². The van der Waals surface area contributed by atoms with E-state index in [0.29, 0.717) is 34.5 Å². The first kappa shape index (κ1) is 27.6. The molecule has 0 unspecified atom stereocenters. The molecule has 0 spiro atoms. The van der Waals surface area contributed by atoms with Gasteiger partial charge in [-0.1, -0.05) is 11.6 Å². The van der Waals surface area contributed by atoms with Crippen molar-refractivity contribution in [1.29, 1.82) is 0 Å². The minimum absolute atomic E-state index is 0.132. The van der Waals surface area contributed by atoms with E-state index in [1.807, 2.05) is 25.1 Å². The van der Waals surface area contributed by atoms with E-state index in [4.69, 9.17) is 16.3 Å². The molecule has 2 aliphatic rings. The quantitative estimate of drug-likeness (QED) is 0.427. The first-order chi connectivity index (χ1) is 18.7. The molecule has 0 bridgehead atoms. The highest BCUT2D eigenvalue weighted by Gasteiger charge is 2.40. The summed E-state index contributed by atoms with van der Waals surface area (Å²) >= 11 is 6.03. The van der Waals surface area contributed by atoms with Crippen molar-refractivity contribution in [1.82, 2.24) is 29.1 Å². The number of fused-ring (bicyclic) bond motifs is 1. The van der Waals surface area contributed by atoms with Crippen molar-refractivity contribution in [2.45, 2.75) is 24.0 Å². The van der Waals surface area contributed by atoms with E-state index < -0.39 is 16.1 Å². The second-order valence-electron chi connectivity index (χ2n) is 10.2. The Morgan fingerprint density at radius 2 is 1.95 bits per heavy atom. The predicted molar refractivity (Wildman–Crippen MR) is 149 cm³/mol. The monoisotopic (exact) mass is 576 g/mol. The zero-order chi connectivity index (χ0) is 27.7. The molecule has 0 aliphatic carbocycles. The number of amides is 1. The number of piperidine rings is 1. The number of benzene rings is 1. The van der Waals surface area contributed by atoms with Crippen LogP contribution in [0.25, 0.3) is 11.0 Å². The van der Waals surface area contributed by atoms with Crippen LogP contribution in [0.5, 0.6) is 0 Å². The molecule has 0 radical (unpaired) electrons. The number of H-pyrrole nitrogens is 1. The van der Waals surface area contributed by atoms with E-state index >= 15 is 0 Å². The number of halogens is 1. The summed E-state index contributed by atoms with van der Waals surface area (Å²) in [5.74, 6) is 1.62. The van der Waals surface area contributed by atoms with Crippen molar-refractivity contribution in [3.05, 3.63) is 35.5 Å². The fourth-order valence-electron chi connectivity index (χ4n) is 5.17. The van der Waals surface area contributed by atoms with Crippen molar-refractivity contribution in [3.63, 3.8) is 0 Å². The molecule has 2 aliphatic heterocycles. The van der Waals surface area contributed by atoms with Crippen LogP contribution in [0.1, 0.15) is 12.8 Å². The molecule has 1 atom stereocenters. The maximum Gasteiger partial charge on any atom is 0.277 e. The summed E-state index contributed by atoms with van der Waals surface area (Å²) in [6.45, 7) is 2.33. The molecule has 12 nitrogen and oxygen atoms in total. The van der Waals surface area contributed by atoms with Crippen molar-refractivity contribution in [2.24, 2.45) is 5.92 Å². The minimum atomic E-state index is -4.03. The SMILES string of the molecule is COC[C@H]1CN(S(=O)(=O)c2nc3ccc(Cl)cc3[nH]2)CC(=O)N1CC1CCN(c2ccnc(N(C)C)n2)CC1. The third kappa shape index (κ3) is 5.81. The van der Waals surface area contributed by atoms with Gasteiger partial charge in [0.25, 0.3) is 10.0 Å². The van der Waals surface area contributed by atoms with Crippen LogP contribution in [0.15, 0.2) is 35.6 Å². The lowest BCUT2D eigenvalue weighted by Gasteiger charge is -2.42. The van der Waals surface area contributed by atoms with Gasteiger partial charge in [0.15, 0.2) is 0 Å². The predicted octanol–water partition coefficient (Wildman–Crippen LogP) is 1.84. The summed E-state index contributed by atoms with van der Waals surface area (Å²) in [7, 11) is 1.36. The number of methoxy groups -OCH3 is 1. The fourth-order valence-corrected chi connectivity index (χ4v) is 6.69. The second-order valence-corrected chi connectivity index (χ2v) is 12.5. The van der Waals surface area contributed by atoms with Crippen LogP contribution in [0, 0.1) is 5.92 Å². The van der Waals surface area contributed by atoms with Gasteiger partial charge in [-0.25, -0.2) is 18.4 Å². The van der Waals surface area contributed by atoms with Crippen LogP contribution >= 0.6 is 11.6 Å². The number of hydrogen-bond donors (Lipinski definition) is 1. The molecule has 1 amide bonds. The van der Waals surface area contributed by atoms with Crippen molar-refractivity contribution in [2.75, 3.05) is 70.3 Å². The number of anilines is 2. The molecule has 5 rings (SSSR count). The normalized spacial score (nSPS) is 19.7. The molecule has 2 aromatic heterocycles. The topological polar surface area (TPSA) is 128 Å². The number of nitrogens with zero attached hydrogens (tertiary/aromatic N) is 7. The molecular weight excluding hydrogens is 544 g/mol. The summed E-state index contributed by atoms with van der Waals surface area (Å²) < 4.78 is 33.5. The Hall–Kier alpha value is -3.00. The van der Waals surface area contributed by atoms with Gasteiger partial charge in [-0.3, -0.25) is 4.79 Å². The van der Waals surface area contributed by atoms with Gasteiger partial charge in [0.2, 0.25) is 17.0 Å². The zero-order valence-electron chi connectivity index (χ0n) is 22.2. The van der Waals surface area contributed by atoms with E-state index in [0.717, 1.165) is 31.7 Å². The molecular formula is C25H33ClN8O4S. The highest BCUT2D eigenvalue weighted by Crippen LogP contribution is 2.27. The number of sulfonamides is 1. The Morgan fingerprint density at radius 1 is 1.18 bits per heavy atom. The number of piperazine rings is 1. The van der Waals surface area contributed by atoms with Gasteiger partial charge >= 0.3 is 0 Å². The molecule has 3 aromatic rings. The summed E-state index contributed by atoms with van der Waals surface area (Å²) in [4.78, 5) is 35.3. The number of aromatic amines is 1. The largest absolute Gasteiger partial charge is 0.382 e. The number of aromatic nitrogens is 4. The zero-order valence-corrected chi connectivity index (χ0v) is 23.8. The van der Waals surface area contributed by atoms with Gasteiger partial charge in [-0.05, 0) is 43.0 Å². The third-order valence-electron chi connectivity index (χ3n) is 7.27. The number of hydrogen-bond acceptors (Lipinski definition) is 9. The van der Waals surface area contributed by atoms with Gasteiger partial charge in [0, 0.05) is 58.6 Å². The van der Waals surface area contributed by atoms with Gasteiger partial charge in [-0.2, -0.15) is 9.29 Å². The standard InChI is InChI=1S/C25H33ClN8O4S/c1-31(2)24-27-9-6-22(30-24)32-10-7-17(8-11-32)13-34-19(16-38-3)14-33(15-23(34)35)39(36,37)25-28-20-5-4-18(26)12-21(20)29-25/h4-6,9,12,17,19H,7-8,10-11,13-16H2,1-3H3,(H,28,29)/t19-/m1/s1. The van der Waals surface area contributed by atoms with Crippen LogP contribution in [0.2, 0.25) is 5.02 Å². The maximum atomic E-state index is 13.4. The fraction of sp³-hybridized carbons (Fsp3) is 0.520. The molecule has 0 saturated carbocycles. The van der Waals surface area contributed by atoms with E-state index in [-0.39, 0.29) is 30.8 Å². The first-order valence-electron chi connectivity index (χ1n) is 12.8. The maximum absolute atomic E-state index is 13.4. The van der Waals surface area contributed by atoms with Crippen molar-refractivity contribution >= 4 is 50.3 Å². The van der Waals surface area contributed by atoms with Crippen molar-refractivity contribution in [3.8, 4) is 0 Å². The molecule has 4 heterocycles. The molecule has 1 N–H and O–H groups in total. The Kier molecular flexibility index (Phi) is 7.94. The average molecular weight is 577 g/mol. The van der Waals surface area contributed by atoms with E-state index in [2.05, 4.69) is 24.8 Å². The van der Waals surface area contributed by atoms with Crippen LogP contribution in [0.4, 0.5) is 11.8 Å². The smallest absolute Gasteiger partial charge is 0.277 e. The van der Waals surface area contributed by atoms with Crippen LogP contribution < -0.4 is 9.80 Å². The lowest BCUT2D eigenvalue weighted by atomic mass is 9.95. The summed E-state index contributed by atoms with van der Waals surface area (Å²) in [5, 5.41) is 0.270. The van der Waals surface area contributed by atoms with Crippen molar-refractivity contribution < 1.29 is 17.9 Å².